The molecule has 31 nitrogen and oxygen atoms in total. The number of rotatable bonds is 37. The maximum absolute atomic E-state index is 12.3. The molecule has 0 N–H and O–H groups in total. The van der Waals surface area contributed by atoms with E-state index in [1.807, 2.05) is 74.8 Å². The fourth-order valence-electron chi connectivity index (χ4n) is 9.22. The fraction of sp³-hybridized carbons (Fsp3) is 0.333. The molecule has 0 atom stereocenters. The average molecular weight is 1270 g/mol. The predicted molar refractivity (Wildman–Crippen MR) is 346 cm³/mol. The van der Waals surface area contributed by atoms with Crippen LogP contribution in [0.2, 0.25) is 0 Å². The van der Waals surface area contributed by atoms with Crippen molar-refractivity contribution in [2.45, 2.75) is 64.4 Å². The number of aromatic nitrogens is 6. The van der Waals surface area contributed by atoms with Crippen molar-refractivity contribution < 1.29 is 27.7 Å². The van der Waals surface area contributed by atoms with Crippen LogP contribution in [0.1, 0.15) is 45.0 Å². The highest BCUT2D eigenvalue weighted by Crippen LogP contribution is 2.36. The van der Waals surface area contributed by atoms with E-state index in [2.05, 4.69) is 86.1 Å². The number of benzene rings is 6. The molecule has 0 spiro atoms. The van der Waals surface area contributed by atoms with Gasteiger partial charge < -0.3 is 24.2 Å². The monoisotopic (exact) mass is 1270 g/mol. The molecule has 476 valence electrons. The third kappa shape index (κ3) is 19.9. The maximum atomic E-state index is 12.3. The number of anilines is 3. The predicted octanol–water partition coefficient (Wildman–Crippen LogP) is 14.2. The Balaban J connectivity index is 0.876. The van der Waals surface area contributed by atoms with Crippen LogP contribution in [0.15, 0.2) is 192 Å². The van der Waals surface area contributed by atoms with Crippen molar-refractivity contribution in [2.75, 3.05) is 86.0 Å². The first-order valence-corrected chi connectivity index (χ1v) is 31.1. The van der Waals surface area contributed by atoms with Gasteiger partial charge in [0.1, 0.15) is 11.4 Å². The van der Waals surface area contributed by atoms with Crippen molar-refractivity contribution in [1.82, 2.24) is 30.0 Å². The zero-order chi connectivity index (χ0) is 65.1. The lowest BCUT2D eigenvalue weighted by molar-refractivity contribution is -0.385. The van der Waals surface area contributed by atoms with Crippen molar-refractivity contribution in [2.24, 2.45) is 40.9 Å². The minimum Gasteiger partial charge on any atom is -0.491 e. The number of azo groups is 3. The molecule has 0 amide bonds. The number of hydrogen-bond donors (Lipinski definition) is 0. The van der Waals surface area contributed by atoms with Gasteiger partial charge in [0, 0.05) is 104 Å². The summed E-state index contributed by atoms with van der Waals surface area (Å²) in [4.78, 5) is 34.6. The molecule has 0 saturated heterocycles. The number of nitrogens with zero attached hydrogens (tertiary/aromatic N) is 23. The number of sulfone groups is 1. The SMILES string of the molecule is CCN(CCN=[N+]=[N-])c1ccc(N=Nc2ccc([N+](=O)[O-])cc2OCCCc2cn(CCN(CCn3cc(CCCOc4cc([N+](=O)[O-])ccc4N=Nc4ccc(N(CC)CCN=[N+]=[N-])cc4)nn3)c3ccc(N=Nc4ccc(S(=O)(=O)CC)cc4)cc3)nn2)cc1. The van der Waals surface area contributed by atoms with Crippen LogP contribution in [0.5, 0.6) is 11.5 Å². The summed E-state index contributed by atoms with van der Waals surface area (Å²) in [5.74, 6) is 0.398. The van der Waals surface area contributed by atoms with E-state index < -0.39 is 19.7 Å². The molecule has 0 fully saturated rings. The van der Waals surface area contributed by atoms with Crippen molar-refractivity contribution in [3.63, 3.8) is 0 Å². The number of ether oxygens (including phenoxy) is 2. The van der Waals surface area contributed by atoms with Gasteiger partial charge in [0.2, 0.25) is 0 Å². The zero-order valence-electron chi connectivity index (χ0n) is 50.8. The summed E-state index contributed by atoms with van der Waals surface area (Å²) in [6.07, 6.45) is 5.74. The van der Waals surface area contributed by atoms with Crippen molar-refractivity contribution in [3.8, 4) is 11.5 Å². The molecule has 0 aliphatic rings. The Morgan fingerprint density at radius 3 is 1.27 bits per heavy atom. The van der Waals surface area contributed by atoms with Crippen molar-refractivity contribution >= 4 is 72.4 Å². The summed E-state index contributed by atoms with van der Waals surface area (Å²) in [5.41, 5.74) is 24.0. The highest BCUT2D eigenvalue weighted by atomic mass is 32.2. The standard InChI is InChI=1S/C60H67N23O8S/c1-4-77(33-31-63-73-61)51-19-11-46(12-20-51)67-71-57-29-25-54(82(84)85)41-59(57)90-39-7-9-49-43-80(75-69-49)37-35-79(53-23-15-45(16-24-53)65-66-48-17-27-56(28-18-48)92(88,89)6-3)36-38-81-44-50(70-76-81)10-8-40-91-60-42-55(83(86)87)26-30-58(60)72-68-47-13-21-52(22-14-47)78(5-2)34-32-64-74-62/h11-30,41-44H,4-10,31-40H2,1-3H3. The topological polar surface area (TPSA) is 382 Å². The lowest BCUT2D eigenvalue weighted by atomic mass is 10.2. The molecule has 8 aromatic rings. The lowest BCUT2D eigenvalue weighted by Gasteiger charge is -2.24. The second kappa shape index (κ2) is 33.9. The normalized spacial score (nSPS) is 11.4. The first-order chi connectivity index (χ1) is 44.7. The number of likely N-dealkylation sites (N-methyl/N-ethyl adjacent to an activating group) is 2. The van der Waals surface area contributed by atoms with E-state index in [4.69, 9.17) is 20.5 Å². The van der Waals surface area contributed by atoms with Gasteiger partial charge in [-0.2, -0.15) is 20.5 Å². The number of nitro benzene ring substituents is 2. The first kappa shape index (κ1) is 66.7. The summed E-state index contributed by atoms with van der Waals surface area (Å²) in [7, 11) is -3.36. The van der Waals surface area contributed by atoms with Crippen LogP contribution in [-0.4, -0.2) is 120 Å². The Kier molecular flexibility index (Phi) is 24.6. The Hall–Kier alpha value is -11.2. The summed E-state index contributed by atoms with van der Waals surface area (Å²) >= 11 is 0. The second-order valence-corrected chi connectivity index (χ2v) is 22.5. The smallest absolute Gasteiger partial charge is 0.273 e. The van der Waals surface area contributed by atoms with Crippen LogP contribution in [0.4, 0.5) is 62.6 Å². The van der Waals surface area contributed by atoms with Crippen molar-refractivity contribution in [1.29, 1.82) is 0 Å². The van der Waals surface area contributed by atoms with Crippen LogP contribution < -0.4 is 24.2 Å². The highest BCUT2D eigenvalue weighted by Gasteiger charge is 2.17. The van der Waals surface area contributed by atoms with Crippen LogP contribution in [0.25, 0.3) is 20.9 Å². The number of hydrogen-bond acceptors (Lipinski definition) is 23. The molecule has 6 aromatic carbocycles. The van der Waals surface area contributed by atoms with E-state index in [-0.39, 0.29) is 46.7 Å². The summed E-state index contributed by atoms with van der Waals surface area (Å²) in [6.45, 7) is 11.1. The molecule has 32 heteroatoms. The lowest BCUT2D eigenvalue weighted by Crippen LogP contribution is -2.31. The molecule has 0 aliphatic heterocycles. The molecule has 0 bridgehead atoms. The van der Waals surface area contributed by atoms with Crippen LogP contribution >= 0.6 is 0 Å². The molecule has 8 rings (SSSR count). The molecule has 0 unspecified atom stereocenters. The molecule has 0 aliphatic carbocycles. The van der Waals surface area contributed by atoms with Gasteiger partial charge in [-0.15, -0.1) is 20.4 Å². The van der Waals surface area contributed by atoms with E-state index >= 15 is 0 Å². The number of aryl methyl sites for hydroxylation is 2. The zero-order valence-corrected chi connectivity index (χ0v) is 51.7. The fourth-order valence-corrected chi connectivity index (χ4v) is 10.1. The second-order valence-electron chi connectivity index (χ2n) is 20.3. The molecule has 92 heavy (non-hydrogen) atoms. The molecule has 2 aromatic heterocycles. The molecular weight excluding hydrogens is 1200 g/mol. The average Bonchev–Trinajstić information content (AvgIpc) is 1.52. The highest BCUT2D eigenvalue weighted by molar-refractivity contribution is 7.91. The summed E-state index contributed by atoms with van der Waals surface area (Å²) in [6, 6.07) is 36.9. The minimum atomic E-state index is -3.36. The van der Waals surface area contributed by atoms with Gasteiger partial charge >= 0.3 is 0 Å². The van der Waals surface area contributed by atoms with Gasteiger partial charge in [0.15, 0.2) is 21.3 Å². The van der Waals surface area contributed by atoms with Crippen molar-refractivity contribution in [3.05, 3.63) is 198 Å². The van der Waals surface area contributed by atoms with Crippen LogP contribution in [0, 0.1) is 20.2 Å². The summed E-state index contributed by atoms with van der Waals surface area (Å²) in [5, 5.41) is 74.5. The third-order valence-corrected chi connectivity index (χ3v) is 16.0. The van der Waals surface area contributed by atoms with Crippen LogP contribution in [-0.2, 0) is 35.8 Å². The van der Waals surface area contributed by atoms with Gasteiger partial charge in [0.05, 0.1) is 93.1 Å². The quantitative estimate of drug-likeness (QED) is 0.00872. The van der Waals surface area contributed by atoms with Crippen LogP contribution in [0.3, 0.4) is 0 Å². The Labute approximate surface area is 529 Å². The van der Waals surface area contributed by atoms with Gasteiger partial charge in [-0.25, -0.2) is 8.42 Å². The molecule has 0 saturated carbocycles. The summed E-state index contributed by atoms with van der Waals surface area (Å²) < 4.78 is 40.3. The van der Waals surface area contributed by atoms with Gasteiger partial charge in [-0.3, -0.25) is 29.6 Å². The third-order valence-electron chi connectivity index (χ3n) is 14.2. The maximum Gasteiger partial charge on any atom is 0.273 e. The number of nitro groups is 2. The van der Waals surface area contributed by atoms with Gasteiger partial charge in [0.25, 0.3) is 11.4 Å². The van der Waals surface area contributed by atoms with E-state index in [0.717, 1.165) is 17.1 Å². The first-order valence-electron chi connectivity index (χ1n) is 29.5. The van der Waals surface area contributed by atoms with Gasteiger partial charge in [-0.05, 0) is 160 Å². The largest absolute Gasteiger partial charge is 0.491 e. The Morgan fingerprint density at radius 1 is 0.522 bits per heavy atom. The molecule has 2 heterocycles. The Morgan fingerprint density at radius 2 is 0.902 bits per heavy atom. The molecule has 0 radical (unpaired) electrons. The van der Waals surface area contributed by atoms with E-state index in [1.54, 1.807) is 52.7 Å². The van der Waals surface area contributed by atoms with E-state index in [0.29, 0.717) is 137 Å². The number of non-ortho nitro benzene ring substituents is 2. The molecular formula is C60H67N23O8S. The number of azide groups is 2. The minimum absolute atomic E-state index is 0.00898. The van der Waals surface area contributed by atoms with E-state index in [1.165, 1.54) is 48.5 Å². The van der Waals surface area contributed by atoms with Gasteiger partial charge in [-0.1, -0.05) is 27.6 Å². The Bertz CT molecular complexity index is 3850. The van der Waals surface area contributed by atoms with E-state index in [9.17, 15) is 28.6 Å².